The predicted molar refractivity (Wildman–Crippen MR) is 101 cm³/mol. The lowest BCUT2D eigenvalue weighted by Crippen LogP contribution is -1.99. The summed E-state index contributed by atoms with van der Waals surface area (Å²) in [4.78, 5) is 12.4. The molecule has 2 aromatic carbocycles. The molecule has 2 aromatic rings. The number of phenolic OH excluding ortho intramolecular Hbond substituents is 1. The summed E-state index contributed by atoms with van der Waals surface area (Å²) < 4.78 is 15.9. The van der Waals surface area contributed by atoms with Gasteiger partial charge in [0.05, 0.1) is 19.8 Å². The quantitative estimate of drug-likeness (QED) is 0.436. The molecule has 0 unspecified atom stereocenters. The number of aromatic hydroxyl groups is 1. The first-order valence-electron chi connectivity index (χ1n) is 7.99. The highest BCUT2D eigenvalue weighted by Crippen LogP contribution is 2.27. The minimum Gasteiger partial charge on any atom is -0.507 e. The maximum Gasteiger partial charge on any atom is 0.189 e. The summed E-state index contributed by atoms with van der Waals surface area (Å²) >= 11 is 0. The first-order valence-corrected chi connectivity index (χ1v) is 7.99. The Bertz CT molecular complexity index is 836. The average Bonchev–Trinajstić information content (AvgIpc) is 2.64. The van der Waals surface area contributed by atoms with Crippen molar-refractivity contribution < 1.29 is 24.1 Å². The number of ketones is 1. The van der Waals surface area contributed by atoms with Crippen LogP contribution >= 0.6 is 0 Å². The van der Waals surface area contributed by atoms with Gasteiger partial charge in [-0.15, -0.1) is 0 Å². The van der Waals surface area contributed by atoms with Gasteiger partial charge in [0.1, 0.15) is 29.6 Å². The first kappa shape index (κ1) is 19.1. The maximum absolute atomic E-state index is 12.4. The van der Waals surface area contributed by atoms with Crippen LogP contribution in [0.4, 0.5) is 0 Å². The minimum atomic E-state index is -0.327. The third-order valence-corrected chi connectivity index (χ3v) is 3.57. The number of allylic oxidation sites excluding steroid dienone is 1. The zero-order valence-electron chi connectivity index (χ0n) is 15.1. The summed E-state index contributed by atoms with van der Waals surface area (Å²) in [6, 6.07) is 9.87. The summed E-state index contributed by atoms with van der Waals surface area (Å²) in [7, 11) is 3.11. The van der Waals surface area contributed by atoms with Gasteiger partial charge in [-0.1, -0.05) is 6.58 Å². The van der Waals surface area contributed by atoms with E-state index in [-0.39, 0.29) is 17.1 Å². The number of ether oxygens (including phenoxy) is 3. The molecular formula is C21H22O5. The van der Waals surface area contributed by atoms with Gasteiger partial charge >= 0.3 is 0 Å². The smallest absolute Gasteiger partial charge is 0.189 e. The lowest BCUT2D eigenvalue weighted by molar-refractivity contribution is 0.104. The number of carbonyl (C=O) groups excluding carboxylic acids is 1. The number of benzene rings is 2. The van der Waals surface area contributed by atoms with Gasteiger partial charge in [0.2, 0.25) is 0 Å². The molecule has 0 aliphatic heterocycles. The van der Waals surface area contributed by atoms with E-state index in [4.69, 9.17) is 14.2 Å². The van der Waals surface area contributed by atoms with Crippen LogP contribution in [-0.2, 0) is 0 Å². The zero-order chi connectivity index (χ0) is 19.1. The van der Waals surface area contributed by atoms with E-state index in [2.05, 4.69) is 6.58 Å². The van der Waals surface area contributed by atoms with Crippen molar-refractivity contribution in [1.82, 2.24) is 0 Å². The van der Waals surface area contributed by atoms with Crippen molar-refractivity contribution in [2.45, 2.75) is 6.92 Å². The Labute approximate surface area is 153 Å². The van der Waals surface area contributed by atoms with Crippen LogP contribution in [-0.4, -0.2) is 31.7 Å². The Hall–Kier alpha value is -3.21. The lowest BCUT2D eigenvalue weighted by Gasteiger charge is -2.08. The van der Waals surface area contributed by atoms with E-state index in [1.54, 1.807) is 44.6 Å². The Balaban J connectivity index is 2.17. The van der Waals surface area contributed by atoms with Crippen molar-refractivity contribution in [3.63, 3.8) is 0 Å². The fourth-order valence-corrected chi connectivity index (χ4v) is 2.23. The van der Waals surface area contributed by atoms with E-state index in [0.29, 0.717) is 23.9 Å². The summed E-state index contributed by atoms with van der Waals surface area (Å²) in [5.41, 5.74) is 1.78. The molecule has 0 fully saturated rings. The molecule has 2 rings (SSSR count). The molecule has 0 bridgehead atoms. The number of phenols is 1. The van der Waals surface area contributed by atoms with Crippen LogP contribution in [0.2, 0.25) is 0 Å². The van der Waals surface area contributed by atoms with Gasteiger partial charge < -0.3 is 19.3 Å². The second-order valence-corrected chi connectivity index (χ2v) is 5.73. The molecule has 0 aliphatic rings. The number of hydrogen-bond donors (Lipinski definition) is 1. The van der Waals surface area contributed by atoms with E-state index < -0.39 is 0 Å². The first-order chi connectivity index (χ1) is 12.4. The summed E-state index contributed by atoms with van der Waals surface area (Å²) in [6.07, 6.45) is 3.01. The molecule has 0 radical (unpaired) electrons. The van der Waals surface area contributed by atoms with Crippen molar-refractivity contribution in [3.8, 4) is 23.0 Å². The molecule has 1 N–H and O–H groups in total. The highest BCUT2D eigenvalue weighted by Gasteiger charge is 2.10. The minimum absolute atomic E-state index is 0.138. The molecule has 0 heterocycles. The molecule has 5 nitrogen and oxygen atoms in total. The van der Waals surface area contributed by atoms with Crippen molar-refractivity contribution >= 4 is 11.9 Å². The molecule has 26 heavy (non-hydrogen) atoms. The summed E-state index contributed by atoms with van der Waals surface area (Å²) in [5.74, 6) is 1.25. The van der Waals surface area contributed by atoms with Crippen LogP contribution in [0.15, 0.2) is 54.6 Å². The monoisotopic (exact) mass is 354 g/mol. The van der Waals surface area contributed by atoms with E-state index in [9.17, 15) is 9.90 Å². The topological polar surface area (TPSA) is 65.0 Å². The number of hydrogen-bond acceptors (Lipinski definition) is 5. The van der Waals surface area contributed by atoms with E-state index in [0.717, 1.165) is 11.1 Å². The van der Waals surface area contributed by atoms with Crippen LogP contribution in [0.3, 0.4) is 0 Å². The zero-order valence-corrected chi connectivity index (χ0v) is 15.1. The van der Waals surface area contributed by atoms with E-state index in [1.807, 2.05) is 6.92 Å². The van der Waals surface area contributed by atoms with Gasteiger partial charge in [-0.25, -0.2) is 0 Å². The van der Waals surface area contributed by atoms with Gasteiger partial charge in [0.25, 0.3) is 0 Å². The van der Waals surface area contributed by atoms with Gasteiger partial charge in [0.15, 0.2) is 5.78 Å². The molecule has 0 amide bonds. The maximum atomic E-state index is 12.4. The third kappa shape index (κ3) is 4.89. The van der Waals surface area contributed by atoms with Crippen molar-refractivity contribution in [2.24, 2.45) is 0 Å². The normalized spacial score (nSPS) is 10.6. The predicted octanol–water partition coefficient (Wildman–Crippen LogP) is 4.26. The molecular weight excluding hydrogens is 332 g/mol. The van der Waals surface area contributed by atoms with E-state index >= 15 is 0 Å². The molecule has 0 aromatic heterocycles. The van der Waals surface area contributed by atoms with Crippen molar-refractivity contribution in [2.75, 3.05) is 20.8 Å². The lowest BCUT2D eigenvalue weighted by atomic mass is 10.1. The molecule has 0 aliphatic carbocycles. The Morgan fingerprint density at radius 2 is 1.85 bits per heavy atom. The second-order valence-electron chi connectivity index (χ2n) is 5.73. The SMILES string of the molecule is C=C(C)COc1ccc(C(=O)C=Cc2ccc(OC)cc2OC)c(O)c1. The highest BCUT2D eigenvalue weighted by molar-refractivity contribution is 6.08. The molecule has 0 saturated carbocycles. The van der Waals surface area contributed by atoms with Gasteiger partial charge in [-0.05, 0) is 48.9 Å². The van der Waals surface area contributed by atoms with Crippen LogP contribution in [0.25, 0.3) is 6.08 Å². The van der Waals surface area contributed by atoms with E-state index in [1.165, 1.54) is 18.2 Å². The molecule has 0 spiro atoms. The molecule has 0 atom stereocenters. The second kappa shape index (κ2) is 8.76. The Morgan fingerprint density at radius 1 is 1.12 bits per heavy atom. The number of methoxy groups -OCH3 is 2. The molecule has 0 saturated heterocycles. The largest absolute Gasteiger partial charge is 0.507 e. The third-order valence-electron chi connectivity index (χ3n) is 3.57. The van der Waals surface area contributed by atoms with Crippen molar-refractivity contribution in [1.29, 1.82) is 0 Å². The summed E-state index contributed by atoms with van der Waals surface area (Å²) in [5, 5.41) is 10.1. The van der Waals surface area contributed by atoms with Crippen LogP contribution in [0, 0.1) is 0 Å². The summed E-state index contributed by atoms with van der Waals surface area (Å²) in [6.45, 7) is 5.94. The van der Waals surface area contributed by atoms with Gasteiger partial charge in [0, 0.05) is 17.7 Å². The van der Waals surface area contributed by atoms with Crippen LogP contribution < -0.4 is 14.2 Å². The Morgan fingerprint density at radius 3 is 2.46 bits per heavy atom. The number of rotatable bonds is 8. The average molecular weight is 354 g/mol. The van der Waals surface area contributed by atoms with Gasteiger partial charge in [-0.2, -0.15) is 0 Å². The van der Waals surface area contributed by atoms with Gasteiger partial charge in [-0.3, -0.25) is 4.79 Å². The molecule has 5 heteroatoms. The fourth-order valence-electron chi connectivity index (χ4n) is 2.23. The van der Waals surface area contributed by atoms with Crippen LogP contribution in [0.1, 0.15) is 22.8 Å². The number of carbonyl (C=O) groups is 1. The van der Waals surface area contributed by atoms with Crippen LogP contribution in [0.5, 0.6) is 23.0 Å². The van der Waals surface area contributed by atoms with Crippen molar-refractivity contribution in [3.05, 3.63) is 65.8 Å². The Kier molecular flexibility index (Phi) is 6.44. The molecule has 136 valence electrons. The standard InChI is InChI=1S/C21H22O5/c1-14(2)13-26-17-8-9-18(20(23)11-17)19(22)10-6-15-5-7-16(24-3)12-21(15)25-4/h5-12,23H,1,13H2,2-4H3. The fraction of sp³-hybridized carbons (Fsp3) is 0.190. The highest BCUT2D eigenvalue weighted by atomic mass is 16.5.